The Kier molecular flexibility index (Phi) is 5.25. The summed E-state index contributed by atoms with van der Waals surface area (Å²) in [5.74, 6) is 0.649. The lowest BCUT2D eigenvalue weighted by Gasteiger charge is -2.18. The molecular weight excluding hydrogens is 304 g/mol. The molecule has 1 saturated heterocycles. The van der Waals surface area contributed by atoms with Crippen molar-refractivity contribution in [2.45, 2.75) is 32.7 Å². The second-order valence-corrected chi connectivity index (χ2v) is 6.81. The lowest BCUT2D eigenvalue weighted by atomic mass is 9.95. The third-order valence-electron chi connectivity index (χ3n) is 4.25. The molecule has 2 aromatic rings. The minimum Gasteiger partial charge on any atom is -0.379 e. The van der Waals surface area contributed by atoms with Crippen molar-refractivity contribution >= 4 is 5.91 Å². The zero-order valence-corrected chi connectivity index (χ0v) is 14.2. The van der Waals surface area contributed by atoms with Crippen molar-refractivity contribution in [2.24, 2.45) is 11.8 Å². The number of H-pyrrole nitrogens is 1. The second-order valence-electron chi connectivity index (χ2n) is 6.81. The summed E-state index contributed by atoms with van der Waals surface area (Å²) in [6.07, 6.45) is 5.33. The molecule has 1 amide bonds. The standard InChI is InChI=1S/C18H24N4O2/c1-12(2)7-15-9-16(22-21-15)18(23)20-17-11-24-10-14(17)8-13-3-5-19-6-4-13/h3-6,9,12,14,17H,7-8,10-11H2,1-2H3,(H,20,23)(H,21,22)/t14-,17-/m1/s1. The van der Waals surface area contributed by atoms with E-state index in [4.69, 9.17) is 4.74 Å². The van der Waals surface area contributed by atoms with Crippen LogP contribution in [0.5, 0.6) is 0 Å². The average Bonchev–Trinajstić information content (AvgIpc) is 3.18. The van der Waals surface area contributed by atoms with Crippen molar-refractivity contribution < 1.29 is 9.53 Å². The Hall–Kier alpha value is -2.21. The quantitative estimate of drug-likeness (QED) is 0.850. The van der Waals surface area contributed by atoms with Crippen LogP contribution in [0.2, 0.25) is 0 Å². The number of nitrogens with one attached hydrogen (secondary N) is 2. The van der Waals surface area contributed by atoms with Gasteiger partial charge in [0.05, 0.1) is 19.3 Å². The van der Waals surface area contributed by atoms with E-state index in [0.717, 1.165) is 18.5 Å². The van der Waals surface area contributed by atoms with Gasteiger partial charge >= 0.3 is 0 Å². The minimum atomic E-state index is -0.142. The number of aromatic nitrogens is 3. The van der Waals surface area contributed by atoms with Gasteiger partial charge in [0.15, 0.2) is 0 Å². The van der Waals surface area contributed by atoms with E-state index in [1.54, 1.807) is 12.4 Å². The van der Waals surface area contributed by atoms with Crippen molar-refractivity contribution in [2.75, 3.05) is 13.2 Å². The summed E-state index contributed by atoms with van der Waals surface area (Å²) in [6.45, 7) is 5.48. The van der Waals surface area contributed by atoms with E-state index in [9.17, 15) is 4.79 Å². The molecule has 24 heavy (non-hydrogen) atoms. The fraction of sp³-hybridized carbons (Fsp3) is 0.500. The van der Waals surface area contributed by atoms with Crippen molar-refractivity contribution in [1.29, 1.82) is 0 Å². The van der Waals surface area contributed by atoms with Gasteiger partial charge in [-0.25, -0.2) is 0 Å². The van der Waals surface area contributed by atoms with E-state index in [2.05, 4.69) is 34.3 Å². The topological polar surface area (TPSA) is 79.9 Å². The number of ether oxygens (including phenoxy) is 1. The van der Waals surface area contributed by atoms with Gasteiger partial charge < -0.3 is 10.1 Å². The summed E-state index contributed by atoms with van der Waals surface area (Å²) >= 11 is 0. The maximum atomic E-state index is 12.4. The van der Waals surface area contributed by atoms with Crippen LogP contribution in [0.25, 0.3) is 0 Å². The minimum absolute atomic E-state index is 0.0101. The second kappa shape index (κ2) is 7.57. The normalized spacial score (nSPS) is 20.5. The Morgan fingerprint density at radius 3 is 2.92 bits per heavy atom. The first kappa shape index (κ1) is 16.6. The molecule has 0 radical (unpaired) electrons. The van der Waals surface area contributed by atoms with E-state index in [1.165, 1.54) is 5.56 Å². The van der Waals surface area contributed by atoms with E-state index in [1.807, 2.05) is 18.2 Å². The van der Waals surface area contributed by atoms with Gasteiger partial charge in [-0.3, -0.25) is 14.9 Å². The van der Waals surface area contributed by atoms with Crippen LogP contribution in [0.1, 0.15) is 35.6 Å². The van der Waals surface area contributed by atoms with E-state index < -0.39 is 0 Å². The van der Waals surface area contributed by atoms with Crippen molar-refractivity contribution in [3.63, 3.8) is 0 Å². The summed E-state index contributed by atoms with van der Waals surface area (Å²) in [4.78, 5) is 16.5. The maximum Gasteiger partial charge on any atom is 0.272 e. The largest absolute Gasteiger partial charge is 0.379 e. The average molecular weight is 328 g/mol. The third-order valence-corrected chi connectivity index (χ3v) is 4.25. The molecule has 2 atom stereocenters. The Labute approximate surface area is 142 Å². The molecule has 1 aliphatic heterocycles. The molecule has 0 unspecified atom stereocenters. The number of hydrogen-bond acceptors (Lipinski definition) is 4. The van der Waals surface area contributed by atoms with Crippen molar-refractivity contribution in [3.05, 3.63) is 47.5 Å². The summed E-state index contributed by atoms with van der Waals surface area (Å²) in [7, 11) is 0. The first-order valence-corrected chi connectivity index (χ1v) is 8.43. The van der Waals surface area contributed by atoms with Gasteiger partial charge in [0.2, 0.25) is 0 Å². The molecule has 3 heterocycles. The van der Waals surface area contributed by atoms with Crippen LogP contribution in [0.4, 0.5) is 0 Å². The summed E-state index contributed by atoms with van der Waals surface area (Å²) in [5, 5.41) is 10.1. The molecule has 1 aliphatic rings. The van der Waals surface area contributed by atoms with E-state index in [0.29, 0.717) is 24.8 Å². The van der Waals surface area contributed by atoms with E-state index >= 15 is 0 Å². The fourth-order valence-corrected chi connectivity index (χ4v) is 3.05. The van der Waals surface area contributed by atoms with Crippen molar-refractivity contribution in [1.82, 2.24) is 20.5 Å². The van der Waals surface area contributed by atoms with Gasteiger partial charge in [-0.1, -0.05) is 13.8 Å². The van der Waals surface area contributed by atoms with Gasteiger partial charge in [-0.15, -0.1) is 0 Å². The van der Waals surface area contributed by atoms with Gasteiger partial charge in [-0.05, 0) is 42.5 Å². The van der Waals surface area contributed by atoms with Crippen LogP contribution in [0, 0.1) is 11.8 Å². The zero-order valence-electron chi connectivity index (χ0n) is 14.2. The predicted molar refractivity (Wildman–Crippen MR) is 90.6 cm³/mol. The first-order valence-electron chi connectivity index (χ1n) is 8.43. The molecule has 6 nitrogen and oxygen atoms in total. The fourth-order valence-electron chi connectivity index (χ4n) is 3.05. The van der Waals surface area contributed by atoms with Gasteiger partial charge in [-0.2, -0.15) is 5.10 Å². The Morgan fingerprint density at radius 2 is 2.17 bits per heavy atom. The van der Waals surface area contributed by atoms with Crippen LogP contribution in [-0.2, 0) is 17.6 Å². The number of carbonyl (C=O) groups is 1. The number of aromatic amines is 1. The van der Waals surface area contributed by atoms with Gasteiger partial charge in [0.1, 0.15) is 5.69 Å². The van der Waals surface area contributed by atoms with Crippen LogP contribution in [0.3, 0.4) is 0 Å². The van der Waals surface area contributed by atoms with E-state index in [-0.39, 0.29) is 17.9 Å². The number of rotatable bonds is 6. The highest BCUT2D eigenvalue weighted by Crippen LogP contribution is 2.19. The summed E-state index contributed by atoms with van der Waals surface area (Å²) in [5.41, 5.74) is 2.64. The molecule has 3 rings (SSSR count). The molecule has 2 N–H and O–H groups in total. The molecular formula is C18H24N4O2. The molecule has 0 aromatic carbocycles. The Balaban J connectivity index is 1.59. The molecule has 0 saturated carbocycles. The SMILES string of the molecule is CC(C)Cc1cc(C(=O)N[C@@H]2COC[C@H]2Cc2ccncc2)n[nH]1. The number of amides is 1. The number of pyridine rings is 1. The summed E-state index contributed by atoms with van der Waals surface area (Å²) in [6, 6.07) is 5.85. The summed E-state index contributed by atoms with van der Waals surface area (Å²) < 4.78 is 5.58. The number of carbonyl (C=O) groups excluding carboxylic acids is 1. The third kappa shape index (κ3) is 4.20. The molecule has 2 aromatic heterocycles. The van der Waals surface area contributed by atoms with Crippen LogP contribution in [0.15, 0.2) is 30.6 Å². The molecule has 0 aliphatic carbocycles. The Bertz CT molecular complexity index is 669. The maximum absolute atomic E-state index is 12.4. The molecule has 6 heteroatoms. The van der Waals surface area contributed by atoms with Gasteiger partial charge in [0.25, 0.3) is 5.91 Å². The molecule has 128 valence electrons. The lowest BCUT2D eigenvalue weighted by molar-refractivity contribution is 0.0920. The highest BCUT2D eigenvalue weighted by Gasteiger charge is 2.30. The van der Waals surface area contributed by atoms with Crippen molar-refractivity contribution in [3.8, 4) is 0 Å². The monoisotopic (exact) mass is 328 g/mol. The van der Waals surface area contributed by atoms with Crippen LogP contribution < -0.4 is 5.32 Å². The smallest absolute Gasteiger partial charge is 0.272 e. The zero-order chi connectivity index (χ0) is 16.9. The first-order chi connectivity index (χ1) is 11.6. The predicted octanol–water partition coefficient (Wildman–Crippen LogP) is 1.99. The number of hydrogen-bond donors (Lipinski definition) is 2. The molecule has 1 fully saturated rings. The lowest BCUT2D eigenvalue weighted by Crippen LogP contribution is -2.40. The molecule has 0 bridgehead atoms. The Morgan fingerprint density at radius 1 is 1.38 bits per heavy atom. The highest BCUT2D eigenvalue weighted by atomic mass is 16.5. The highest BCUT2D eigenvalue weighted by molar-refractivity contribution is 5.92. The number of nitrogens with zero attached hydrogens (tertiary/aromatic N) is 2. The molecule has 0 spiro atoms. The van der Waals surface area contributed by atoms with Crippen LogP contribution in [-0.4, -0.2) is 40.3 Å². The van der Waals surface area contributed by atoms with Gasteiger partial charge in [0, 0.05) is 24.0 Å². The van der Waals surface area contributed by atoms with Crippen LogP contribution >= 0.6 is 0 Å².